The van der Waals surface area contributed by atoms with E-state index in [0.29, 0.717) is 6.04 Å². The molecular weight excluding hydrogens is 190 g/mol. The van der Waals surface area contributed by atoms with Gasteiger partial charge in [0, 0.05) is 12.5 Å². The summed E-state index contributed by atoms with van der Waals surface area (Å²) in [6, 6.07) is 11.2. The van der Waals surface area contributed by atoms with Crippen molar-refractivity contribution >= 4 is 17.2 Å². The summed E-state index contributed by atoms with van der Waals surface area (Å²) in [4.78, 5) is 1.02. The van der Waals surface area contributed by atoms with Crippen LogP contribution in [0.3, 0.4) is 0 Å². The smallest absolute Gasteiger partial charge is 0.0758 e. The number of rotatable bonds is 4. The first kappa shape index (κ1) is 9.66. The Labute approximate surface area is 90.5 Å². The molecule has 0 radical (unpaired) electrons. The third kappa shape index (κ3) is 3.11. The molecular formula is C12H15NS. The van der Waals surface area contributed by atoms with Crippen molar-refractivity contribution in [1.82, 2.24) is 5.32 Å². The largest absolute Gasteiger partial charge is 0.377 e. The van der Waals surface area contributed by atoms with Gasteiger partial charge in [-0.05, 0) is 24.8 Å². The monoisotopic (exact) mass is 205 g/mol. The summed E-state index contributed by atoms with van der Waals surface area (Å²) in [6.45, 7) is 0. The Morgan fingerprint density at radius 1 is 1.29 bits per heavy atom. The quantitative estimate of drug-likeness (QED) is 0.758. The van der Waals surface area contributed by atoms with Crippen molar-refractivity contribution in [3.63, 3.8) is 0 Å². The molecule has 2 rings (SSSR count). The fourth-order valence-corrected chi connectivity index (χ4v) is 1.70. The van der Waals surface area contributed by atoms with Crippen molar-refractivity contribution in [3.8, 4) is 0 Å². The molecule has 1 aliphatic carbocycles. The molecule has 1 nitrogen and oxygen atoms in total. The highest BCUT2D eigenvalue weighted by atomic mass is 32.1. The molecule has 0 spiro atoms. The van der Waals surface area contributed by atoms with Crippen molar-refractivity contribution in [2.45, 2.75) is 31.7 Å². The lowest BCUT2D eigenvalue weighted by Crippen LogP contribution is -2.23. The lowest BCUT2D eigenvalue weighted by atomic mass is 10.1. The lowest BCUT2D eigenvalue weighted by molar-refractivity contribution is 0.881. The van der Waals surface area contributed by atoms with E-state index in [1.807, 2.05) is 6.07 Å². The van der Waals surface area contributed by atoms with Crippen LogP contribution in [0, 0.1) is 0 Å². The zero-order chi connectivity index (χ0) is 9.80. The maximum atomic E-state index is 5.26. The van der Waals surface area contributed by atoms with Gasteiger partial charge >= 0.3 is 0 Å². The number of benzene rings is 1. The van der Waals surface area contributed by atoms with Crippen LogP contribution in [0.2, 0.25) is 0 Å². The van der Waals surface area contributed by atoms with Crippen LogP contribution < -0.4 is 5.32 Å². The molecule has 1 N–H and O–H groups in total. The maximum Gasteiger partial charge on any atom is 0.0758 e. The van der Waals surface area contributed by atoms with Crippen LogP contribution in [-0.4, -0.2) is 11.0 Å². The summed E-state index contributed by atoms with van der Waals surface area (Å²) in [5, 5.41) is 3.36. The predicted molar refractivity (Wildman–Crippen MR) is 63.5 cm³/mol. The van der Waals surface area contributed by atoms with Gasteiger partial charge in [-0.1, -0.05) is 42.5 Å². The Morgan fingerprint density at radius 2 is 2.00 bits per heavy atom. The highest BCUT2D eigenvalue weighted by Gasteiger charge is 2.21. The minimum Gasteiger partial charge on any atom is -0.377 e. The molecule has 0 unspecified atom stereocenters. The summed E-state index contributed by atoms with van der Waals surface area (Å²) < 4.78 is 0. The van der Waals surface area contributed by atoms with Crippen molar-refractivity contribution < 1.29 is 0 Å². The molecule has 0 amide bonds. The van der Waals surface area contributed by atoms with Gasteiger partial charge < -0.3 is 5.32 Å². The first-order chi connectivity index (χ1) is 6.84. The first-order valence-corrected chi connectivity index (χ1v) is 5.59. The Morgan fingerprint density at radius 3 is 2.64 bits per heavy atom. The van der Waals surface area contributed by atoms with Gasteiger partial charge in [0.25, 0.3) is 0 Å². The molecule has 1 aliphatic rings. The summed E-state index contributed by atoms with van der Waals surface area (Å²) in [7, 11) is 0. The standard InChI is InChI=1S/C12H15NS/c14-12(13-11-7-8-11)9-6-10-4-2-1-3-5-10/h1-5,11H,6-9H2,(H,13,14). The molecule has 0 saturated heterocycles. The second kappa shape index (κ2) is 4.56. The Hall–Kier alpha value is -0.890. The van der Waals surface area contributed by atoms with Crippen LogP contribution in [0.15, 0.2) is 30.3 Å². The highest BCUT2D eigenvalue weighted by Crippen LogP contribution is 2.19. The molecule has 0 atom stereocenters. The number of thiocarbonyl (C=S) groups is 1. The average Bonchev–Trinajstić information content (AvgIpc) is 3.00. The Kier molecular flexibility index (Phi) is 3.14. The van der Waals surface area contributed by atoms with E-state index in [4.69, 9.17) is 12.2 Å². The molecule has 1 fully saturated rings. The first-order valence-electron chi connectivity index (χ1n) is 5.18. The van der Waals surface area contributed by atoms with Gasteiger partial charge in [0.05, 0.1) is 4.99 Å². The molecule has 2 heteroatoms. The number of nitrogens with one attached hydrogen (secondary N) is 1. The molecule has 0 heterocycles. The number of hydrogen-bond acceptors (Lipinski definition) is 1. The van der Waals surface area contributed by atoms with Gasteiger partial charge in [-0.15, -0.1) is 0 Å². The summed E-state index contributed by atoms with van der Waals surface area (Å²) in [6.07, 6.45) is 4.63. The molecule has 1 aromatic rings. The van der Waals surface area contributed by atoms with E-state index in [1.54, 1.807) is 0 Å². The minimum absolute atomic E-state index is 0.693. The molecule has 0 bridgehead atoms. The fourth-order valence-electron chi connectivity index (χ4n) is 1.43. The maximum absolute atomic E-state index is 5.26. The van der Waals surface area contributed by atoms with Crippen LogP contribution in [0.25, 0.3) is 0 Å². The molecule has 1 saturated carbocycles. The van der Waals surface area contributed by atoms with E-state index in [2.05, 4.69) is 29.6 Å². The van der Waals surface area contributed by atoms with E-state index in [1.165, 1.54) is 18.4 Å². The Balaban J connectivity index is 1.73. The molecule has 1 aromatic carbocycles. The van der Waals surface area contributed by atoms with Gasteiger partial charge in [-0.3, -0.25) is 0 Å². The third-order valence-corrected chi connectivity index (χ3v) is 2.75. The van der Waals surface area contributed by atoms with Gasteiger partial charge in [-0.25, -0.2) is 0 Å². The zero-order valence-corrected chi connectivity index (χ0v) is 9.02. The van der Waals surface area contributed by atoms with Crippen molar-refractivity contribution in [2.75, 3.05) is 0 Å². The van der Waals surface area contributed by atoms with E-state index in [0.717, 1.165) is 17.8 Å². The molecule has 0 aliphatic heterocycles. The summed E-state index contributed by atoms with van der Waals surface area (Å²) in [5.74, 6) is 0. The lowest BCUT2D eigenvalue weighted by Gasteiger charge is -2.05. The number of aryl methyl sites for hydroxylation is 1. The normalized spacial score (nSPS) is 15.1. The SMILES string of the molecule is S=C(CCc1ccccc1)NC1CC1. The minimum atomic E-state index is 0.693. The van der Waals surface area contributed by atoms with Gasteiger partial charge in [0.2, 0.25) is 0 Å². The topological polar surface area (TPSA) is 12.0 Å². The summed E-state index contributed by atoms with van der Waals surface area (Å²) in [5.41, 5.74) is 1.37. The van der Waals surface area contributed by atoms with Gasteiger partial charge in [0.15, 0.2) is 0 Å². The van der Waals surface area contributed by atoms with Crippen molar-refractivity contribution in [1.29, 1.82) is 0 Å². The third-order valence-electron chi connectivity index (χ3n) is 2.43. The van der Waals surface area contributed by atoms with Gasteiger partial charge in [0.1, 0.15) is 0 Å². The predicted octanol–water partition coefficient (Wildman–Crippen LogP) is 2.70. The van der Waals surface area contributed by atoms with Crippen molar-refractivity contribution in [3.05, 3.63) is 35.9 Å². The van der Waals surface area contributed by atoms with Crippen LogP contribution >= 0.6 is 12.2 Å². The van der Waals surface area contributed by atoms with Crippen LogP contribution in [0.5, 0.6) is 0 Å². The fraction of sp³-hybridized carbons (Fsp3) is 0.417. The van der Waals surface area contributed by atoms with Crippen molar-refractivity contribution in [2.24, 2.45) is 0 Å². The zero-order valence-electron chi connectivity index (χ0n) is 8.20. The Bertz CT molecular complexity index is 303. The molecule has 74 valence electrons. The highest BCUT2D eigenvalue weighted by molar-refractivity contribution is 7.80. The van der Waals surface area contributed by atoms with E-state index < -0.39 is 0 Å². The van der Waals surface area contributed by atoms with Crippen LogP contribution in [0.4, 0.5) is 0 Å². The van der Waals surface area contributed by atoms with E-state index >= 15 is 0 Å². The summed E-state index contributed by atoms with van der Waals surface area (Å²) >= 11 is 5.26. The van der Waals surface area contributed by atoms with Gasteiger partial charge in [-0.2, -0.15) is 0 Å². The van der Waals surface area contributed by atoms with E-state index in [9.17, 15) is 0 Å². The van der Waals surface area contributed by atoms with E-state index in [-0.39, 0.29) is 0 Å². The second-order valence-corrected chi connectivity index (χ2v) is 4.32. The average molecular weight is 205 g/mol. The number of hydrogen-bond donors (Lipinski definition) is 1. The second-order valence-electron chi connectivity index (χ2n) is 3.83. The van der Waals surface area contributed by atoms with Crippen LogP contribution in [-0.2, 0) is 6.42 Å². The van der Waals surface area contributed by atoms with Crippen LogP contribution in [0.1, 0.15) is 24.8 Å². The molecule has 14 heavy (non-hydrogen) atoms. The molecule has 0 aromatic heterocycles.